The summed E-state index contributed by atoms with van der Waals surface area (Å²) >= 11 is 0. The Morgan fingerprint density at radius 2 is 1.06 bits per heavy atom. The van der Waals surface area contributed by atoms with Crippen LogP contribution >= 0.6 is 7.26 Å². The first-order valence-corrected chi connectivity index (χ1v) is 13.7. The van der Waals surface area contributed by atoms with Gasteiger partial charge in [-0.05, 0) is 35.9 Å². The molecule has 0 radical (unpaired) electrons. The van der Waals surface area contributed by atoms with E-state index in [2.05, 4.69) is 122 Å². The van der Waals surface area contributed by atoms with E-state index in [0.29, 0.717) is 0 Å². The summed E-state index contributed by atoms with van der Waals surface area (Å²) in [5.41, 5.74) is 2.59. The van der Waals surface area contributed by atoms with Crippen LogP contribution in [0, 0.1) is 0 Å². The van der Waals surface area contributed by atoms with Gasteiger partial charge in [-0.1, -0.05) is 97.6 Å². The monoisotopic (exact) mass is 477 g/mol. The van der Waals surface area contributed by atoms with E-state index in [0.717, 1.165) is 6.16 Å². The average Bonchev–Trinajstić information content (AvgIpc) is 2.83. The molecule has 4 aromatic rings. The van der Waals surface area contributed by atoms with Gasteiger partial charge in [-0.25, -0.2) is 0 Å². The zero-order valence-corrected chi connectivity index (χ0v) is 19.7. The van der Waals surface area contributed by atoms with Crippen LogP contribution < -0.4 is 15.9 Å². The third kappa shape index (κ3) is 6.47. The largest absolute Gasteiger partial charge is 0.394 e. The van der Waals surface area contributed by atoms with Crippen molar-refractivity contribution in [3.8, 4) is 0 Å². The summed E-state index contributed by atoms with van der Waals surface area (Å²) in [5, 5.41) is 4.20. The number of hydrogen-bond acceptors (Lipinski definition) is 2. The molecule has 0 saturated carbocycles. The van der Waals surface area contributed by atoms with Gasteiger partial charge in [-0.15, -0.1) is 0 Å². The predicted molar refractivity (Wildman–Crippen MR) is 140 cm³/mol. The Morgan fingerprint density at radius 1 is 0.667 bits per heavy atom. The highest BCUT2D eigenvalue weighted by Gasteiger charge is 2.46. The van der Waals surface area contributed by atoms with E-state index in [1.807, 2.05) is 6.08 Å². The molecule has 0 unspecified atom stereocenters. The second-order valence-electron chi connectivity index (χ2n) is 7.34. The fourth-order valence-electron chi connectivity index (χ4n) is 3.92. The molecule has 4 rings (SSSR count). The van der Waals surface area contributed by atoms with Crippen LogP contribution in [0.25, 0.3) is 6.08 Å². The van der Waals surface area contributed by atoms with Crippen molar-refractivity contribution >= 4 is 39.7 Å². The van der Waals surface area contributed by atoms with Gasteiger partial charge in [0, 0.05) is 5.56 Å². The van der Waals surface area contributed by atoms with Gasteiger partial charge in [0.15, 0.2) is 0 Å². The summed E-state index contributed by atoms with van der Waals surface area (Å²) in [7, 11) is -6.57. The maximum atomic E-state index is 8.74. The van der Waals surface area contributed by atoms with Crippen LogP contribution in [0.5, 0.6) is 0 Å². The van der Waals surface area contributed by atoms with Crippen molar-refractivity contribution in [1.82, 2.24) is 0 Å². The predicted octanol–water partition coefficient (Wildman–Crippen LogP) is 5.17. The molecule has 4 aromatic carbocycles. The summed E-state index contributed by atoms with van der Waals surface area (Å²) in [4.78, 5) is 0. The van der Waals surface area contributed by atoms with Gasteiger partial charge in [0.25, 0.3) is 0 Å². The molecule has 0 heterocycles. The SMILES string of the molecule is C=Cc1ccccc1[P+](Cc1ccccc1)(c1ccccc1)c1ccccc1.O=S(=O)(O)O. The van der Waals surface area contributed by atoms with Gasteiger partial charge in [-0.3, -0.25) is 9.11 Å². The van der Waals surface area contributed by atoms with Crippen molar-refractivity contribution in [2.75, 3.05) is 0 Å². The standard InChI is InChI=1S/C27H24P.H2O4S/c1-2-24-16-12-13-21-27(24)28(25-17-8-4-9-18-25,26-19-10-5-11-20-26)22-23-14-6-3-7-15-23;1-5(2,3)4/h2-21H,1,22H2;(H2,1,2,3,4)/q+1;. The third-order valence-electron chi connectivity index (χ3n) is 5.22. The molecule has 0 aliphatic rings. The van der Waals surface area contributed by atoms with E-state index in [1.165, 1.54) is 27.0 Å². The molecular weight excluding hydrogens is 451 g/mol. The van der Waals surface area contributed by atoms with Crippen LogP contribution in [-0.2, 0) is 16.6 Å². The lowest BCUT2D eigenvalue weighted by Gasteiger charge is -2.29. The summed E-state index contributed by atoms with van der Waals surface area (Å²) in [5.74, 6) is 0. The maximum absolute atomic E-state index is 8.74. The highest BCUT2D eigenvalue weighted by Crippen LogP contribution is 2.58. The lowest BCUT2D eigenvalue weighted by atomic mass is 10.2. The second-order valence-corrected chi connectivity index (χ2v) is 11.7. The summed E-state index contributed by atoms with van der Waals surface area (Å²) < 4.78 is 31.6. The summed E-state index contributed by atoms with van der Waals surface area (Å²) in [6, 6.07) is 41.6. The van der Waals surface area contributed by atoms with Crippen molar-refractivity contribution in [3.63, 3.8) is 0 Å². The average molecular weight is 478 g/mol. The van der Waals surface area contributed by atoms with Gasteiger partial charge in [0.2, 0.25) is 0 Å². The minimum absolute atomic E-state index is 0.993. The first-order chi connectivity index (χ1) is 15.8. The molecule has 0 aromatic heterocycles. The van der Waals surface area contributed by atoms with Crippen LogP contribution in [0.15, 0.2) is 122 Å². The van der Waals surface area contributed by atoms with Crippen molar-refractivity contribution in [2.24, 2.45) is 0 Å². The van der Waals surface area contributed by atoms with Gasteiger partial charge in [0.1, 0.15) is 23.2 Å². The Kier molecular flexibility index (Phi) is 8.32. The lowest BCUT2D eigenvalue weighted by molar-refractivity contribution is 0.381. The molecule has 0 spiro atoms. The molecule has 168 valence electrons. The molecule has 0 aliphatic heterocycles. The minimum atomic E-state index is -4.67. The summed E-state index contributed by atoms with van der Waals surface area (Å²) in [6.45, 7) is 4.12. The molecule has 0 atom stereocenters. The quantitative estimate of drug-likeness (QED) is 0.297. The topological polar surface area (TPSA) is 74.6 Å². The molecule has 0 amide bonds. The van der Waals surface area contributed by atoms with E-state index in [1.54, 1.807) is 0 Å². The van der Waals surface area contributed by atoms with Gasteiger partial charge >= 0.3 is 10.4 Å². The van der Waals surface area contributed by atoms with Crippen LogP contribution in [0.3, 0.4) is 0 Å². The van der Waals surface area contributed by atoms with Crippen molar-refractivity contribution in [1.29, 1.82) is 0 Å². The van der Waals surface area contributed by atoms with Gasteiger partial charge < -0.3 is 0 Å². The molecule has 6 heteroatoms. The maximum Gasteiger partial charge on any atom is 0.394 e. The Labute approximate surface area is 196 Å². The molecule has 0 fully saturated rings. The fraction of sp³-hybridized carbons (Fsp3) is 0.0370. The van der Waals surface area contributed by atoms with Crippen LogP contribution in [0.2, 0.25) is 0 Å². The van der Waals surface area contributed by atoms with E-state index in [-0.39, 0.29) is 0 Å². The smallest absolute Gasteiger partial charge is 0.264 e. The molecule has 4 nitrogen and oxygen atoms in total. The molecule has 2 N–H and O–H groups in total. The molecular formula is C27H26O4PS+. The van der Waals surface area contributed by atoms with E-state index in [4.69, 9.17) is 17.5 Å². The van der Waals surface area contributed by atoms with Crippen molar-refractivity contribution in [3.05, 3.63) is 133 Å². The molecule has 33 heavy (non-hydrogen) atoms. The zero-order valence-electron chi connectivity index (χ0n) is 18.0. The van der Waals surface area contributed by atoms with E-state index < -0.39 is 17.7 Å². The molecule has 0 saturated heterocycles. The van der Waals surface area contributed by atoms with Crippen molar-refractivity contribution < 1.29 is 17.5 Å². The summed E-state index contributed by atoms with van der Waals surface area (Å²) in [6.07, 6.45) is 2.99. The van der Waals surface area contributed by atoms with Gasteiger partial charge in [0.05, 0.1) is 6.16 Å². The minimum Gasteiger partial charge on any atom is -0.264 e. The Hall–Kier alpha value is -3.08. The Morgan fingerprint density at radius 3 is 1.52 bits per heavy atom. The Bertz CT molecular complexity index is 1230. The van der Waals surface area contributed by atoms with Crippen LogP contribution in [0.1, 0.15) is 11.1 Å². The highest BCUT2D eigenvalue weighted by atomic mass is 32.3. The number of rotatable bonds is 6. The van der Waals surface area contributed by atoms with Crippen LogP contribution in [0.4, 0.5) is 0 Å². The van der Waals surface area contributed by atoms with E-state index in [9.17, 15) is 0 Å². The number of hydrogen-bond donors (Lipinski definition) is 2. The first-order valence-electron chi connectivity index (χ1n) is 10.3. The fourth-order valence-corrected chi connectivity index (χ4v) is 8.38. The van der Waals surface area contributed by atoms with Crippen LogP contribution in [-0.4, -0.2) is 17.5 Å². The van der Waals surface area contributed by atoms with Crippen molar-refractivity contribution in [2.45, 2.75) is 6.16 Å². The lowest BCUT2D eigenvalue weighted by Crippen LogP contribution is -2.33. The molecule has 0 aliphatic carbocycles. The first kappa shape index (κ1) is 24.6. The zero-order chi connectivity index (χ0) is 23.7. The van der Waals surface area contributed by atoms with E-state index >= 15 is 0 Å². The normalized spacial score (nSPS) is 11.2. The second kappa shape index (κ2) is 11.2. The third-order valence-corrected chi connectivity index (χ3v) is 9.65. The van der Waals surface area contributed by atoms with Gasteiger partial charge in [-0.2, -0.15) is 8.42 Å². The number of benzene rings is 4. The Balaban J connectivity index is 0.000000555. The molecule has 0 bridgehead atoms. The highest BCUT2D eigenvalue weighted by molar-refractivity contribution is 7.95.